The van der Waals surface area contributed by atoms with E-state index in [0.29, 0.717) is 43.9 Å². The zero-order valence-corrected chi connectivity index (χ0v) is 21.7. The van der Waals surface area contributed by atoms with Crippen LogP contribution in [0.5, 0.6) is 0 Å². The minimum atomic E-state index is -0.562. The highest BCUT2D eigenvalue weighted by atomic mass is 16.6. The Morgan fingerprint density at radius 1 is 1.17 bits per heavy atom. The summed E-state index contributed by atoms with van der Waals surface area (Å²) in [5, 5.41) is 5.48. The molecule has 0 spiro atoms. The van der Waals surface area contributed by atoms with Crippen molar-refractivity contribution in [1.82, 2.24) is 20.5 Å². The lowest BCUT2D eigenvalue weighted by Crippen LogP contribution is -2.48. The molecule has 0 saturated carbocycles. The number of hydrogen-bond acceptors (Lipinski definition) is 6. The van der Waals surface area contributed by atoms with Crippen molar-refractivity contribution in [3.8, 4) is 0 Å². The van der Waals surface area contributed by atoms with E-state index in [1.807, 2.05) is 58.0 Å². The van der Waals surface area contributed by atoms with E-state index in [1.54, 1.807) is 11.0 Å². The molecule has 3 amide bonds. The van der Waals surface area contributed by atoms with Crippen LogP contribution < -0.4 is 10.6 Å². The molecule has 1 aromatic heterocycles. The number of nitrogens with zero attached hydrogens (tertiary/aromatic N) is 2. The molecule has 36 heavy (non-hydrogen) atoms. The fraction of sp³-hybridized carbons (Fsp3) is 0.481. The molecule has 194 valence electrons. The van der Waals surface area contributed by atoms with Crippen LogP contribution in [0.2, 0.25) is 0 Å². The third-order valence-corrected chi connectivity index (χ3v) is 5.85. The van der Waals surface area contributed by atoms with Gasteiger partial charge in [-0.3, -0.25) is 9.59 Å². The second kappa shape index (κ2) is 12.0. The summed E-state index contributed by atoms with van der Waals surface area (Å²) in [5.74, 6) is -0.760. The molecule has 1 saturated heterocycles. The molecule has 3 rings (SSSR count). The summed E-state index contributed by atoms with van der Waals surface area (Å²) in [4.78, 5) is 43.8. The first-order chi connectivity index (χ1) is 17.1. The lowest BCUT2D eigenvalue weighted by Gasteiger charge is -2.34. The van der Waals surface area contributed by atoms with Crippen molar-refractivity contribution in [2.45, 2.75) is 51.7 Å². The van der Waals surface area contributed by atoms with Crippen molar-refractivity contribution in [2.75, 3.05) is 33.3 Å². The number of carbonyl (C=O) groups excluding carboxylic acids is 3. The highest BCUT2D eigenvalue weighted by Gasteiger charge is 2.28. The lowest BCUT2D eigenvalue weighted by molar-refractivity contribution is -0.0440. The number of ether oxygens (including phenoxy) is 2. The largest absolute Gasteiger partial charge is 0.444 e. The van der Waals surface area contributed by atoms with Crippen molar-refractivity contribution in [1.29, 1.82) is 0 Å². The molecular formula is C27H36N4O5. The molecule has 9 nitrogen and oxygen atoms in total. The van der Waals surface area contributed by atoms with Gasteiger partial charge in [-0.05, 0) is 44.9 Å². The first-order valence-corrected chi connectivity index (χ1v) is 12.2. The zero-order valence-electron chi connectivity index (χ0n) is 21.7. The Morgan fingerprint density at radius 3 is 2.56 bits per heavy atom. The molecule has 0 radical (unpaired) electrons. The van der Waals surface area contributed by atoms with Gasteiger partial charge in [0.05, 0.1) is 19.3 Å². The van der Waals surface area contributed by atoms with Crippen LogP contribution in [0.3, 0.4) is 0 Å². The molecule has 2 aromatic rings. The maximum atomic E-state index is 13.0. The molecule has 1 unspecified atom stereocenters. The molecule has 1 fully saturated rings. The lowest BCUT2D eigenvalue weighted by atomic mass is 9.96. The molecule has 1 aromatic carbocycles. The van der Waals surface area contributed by atoms with Gasteiger partial charge in [0.25, 0.3) is 11.8 Å². The summed E-state index contributed by atoms with van der Waals surface area (Å²) in [6.45, 7) is 9.13. The number of morpholine rings is 1. The van der Waals surface area contributed by atoms with Crippen LogP contribution in [0, 0.1) is 0 Å². The van der Waals surface area contributed by atoms with Crippen molar-refractivity contribution >= 4 is 17.9 Å². The highest BCUT2D eigenvalue weighted by Crippen LogP contribution is 2.24. The third kappa shape index (κ3) is 7.52. The van der Waals surface area contributed by atoms with Gasteiger partial charge in [-0.25, -0.2) is 9.78 Å². The van der Waals surface area contributed by atoms with Gasteiger partial charge in [-0.2, -0.15) is 0 Å². The van der Waals surface area contributed by atoms with E-state index in [2.05, 4.69) is 15.6 Å². The number of nitrogens with one attached hydrogen (secondary N) is 2. The first kappa shape index (κ1) is 27.1. The molecule has 2 heterocycles. The van der Waals surface area contributed by atoms with Crippen LogP contribution in [0.15, 0.2) is 42.5 Å². The first-order valence-electron chi connectivity index (χ1n) is 12.2. The average Bonchev–Trinajstić information content (AvgIpc) is 2.87. The van der Waals surface area contributed by atoms with Crippen LogP contribution in [-0.2, 0) is 9.47 Å². The van der Waals surface area contributed by atoms with Gasteiger partial charge in [-0.15, -0.1) is 0 Å². The molecule has 2 atom stereocenters. The molecule has 1 aliphatic rings. The quantitative estimate of drug-likeness (QED) is 0.608. The summed E-state index contributed by atoms with van der Waals surface area (Å²) in [6.07, 6.45) is -0.0383. The molecule has 0 bridgehead atoms. The fourth-order valence-electron chi connectivity index (χ4n) is 3.90. The maximum Gasteiger partial charge on any atom is 0.410 e. The Labute approximate surface area is 212 Å². The van der Waals surface area contributed by atoms with Crippen LogP contribution in [-0.4, -0.2) is 72.8 Å². The third-order valence-electron chi connectivity index (χ3n) is 5.85. The zero-order chi connectivity index (χ0) is 26.3. The summed E-state index contributed by atoms with van der Waals surface area (Å²) < 4.78 is 11.2. The van der Waals surface area contributed by atoms with Gasteiger partial charge in [0.2, 0.25) is 0 Å². The predicted octanol–water partition coefficient (Wildman–Crippen LogP) is 3.35. The van der Waals surface area contributed by atoms with Crippen LogP contribution in [0.1, 0.15) is 72.1 Å². The summed E-state index contributed by atoms with van der Waals surface area (Å²) in [7, 11) is 1.53. The van der Waals surface area contributed by atoms with Crippen LogP contribution in [0.4, 0.5) is 4.79 Å². The fourth-order valence-corrected chi connectivity index (χ4v) is 3.90. The summed E-state index contributed by atoms with van der Waals surface area (Å²) in [5.41, 5.74) is 1.66. The highest BCUT2D eigenvalue weighted by molar-refractivity contribution is 5.98. The van der Waals surface area contributed by atoms with E-state index in [-0.39, 0.29) is 35.6 Å². The minimum Gasteiger partial charge on any atom is -0.444 e. The van der Waals surface area contributed by atoms with Crippen LogP contribution in [0.25, 0.3) is 0 Å². The van der Waals surface area contributed by atoms with Gasteiger partial charge in [0.1, 0.15) is 11.3 Å². The summed E-state index contributed by atoms with van der Waals surface area (Å²) >= 11 is 0. The number of pyridine rings is 1. The SMILES string of the molecule is CNC(=O)c1cc(C(=O)NCC[C@@H]2CN(C(=O)OC(C)(C)C)CCO2)cc(C(C)c2ccccc2)n1. The van der Waals surface area contributed by atoms with Gasteiger partial charge >= 0.3 is 6.09 Å². The molecule has 1 aliphatic heterocycles. The van der Waals surface area contributed by atoms with E-state index in [1.165, 1.54) is 13.1 Å². The minimum absolute atomic E-state index is 0.100. The number of amides is 3. The van der Waals surface area contributed by atoms with Crippen molar-refractivity contribution < 1.29 is 23.9 Å². The Bertz CT molecular complexity index is 1070. The molecule has 9 heteroatoms. The summed E-state index contributed by atoms with van der Waals surface area (Å²) in [6, 6.07) is 13.0. The van der Waals surface area contributed by atoms with E-state index < -0.39 is 5.60 Å². The van der Waals surface area contributed by atoms with Gasteiger partial charge in [-0.1, -0.05) is 37.3 Å². The van der Waals surface area contributed by atoms with Gasteiger partial charge in [0, 0.05) is 37.3 Å². The van der Waals surface area contributed by atoms with Crippen LogP contribution >= 0.6 is 0 Å². The molecular weight excluding hydrogens is 460 g/mol. The second-order valence-corrected chi connectivity index (χ2v) is 9.84. The number of benzene rings is 1. The maximum absolute atomic E-state index is 13.0. The smallest absolute Gasteiger partial charge is 0.410 e. The Morgan fingerprint density at radius 2 is 1.89 bits per heavy atom. The van der Waals surface area contributed by atoms with E-state index in [9.17, 15) is 14.4 Å². The second-order valence-electron chi connectivity index (χ2n) is 9.84. The topological polar surface area (TPSA) is 110 Å². The number of aromatic nitrogens is 1. The van der Waals surface area contributed by atoms with Crippen molar-refractivity contribution in [3.05, 3.63) is 65.0 Å². The van der Waals surface area contributed by atoms with E-state index in [4.69, 9.17) is 9.47 Å². The molecule has 0 aliphatic carbocycles. The Balaban J connectivity index is 1.64. The number of carbonyl (C=O) groups is 3. The Kier molecular flexibility index (Phi) is 9.03. The van der Waals surface area contributed by atoms with E-state index >= 15 is 0 Å². The van der Waals surface area contributed by atoms with E-state index in [0.717, 1.165) is 5.56 Å². The average molecular weight is 497 g/mol. The number of rotatable bonds is 7. The van der Waals surface area contributed by atoms with Crippen molar-refractivity contribution in [2.24, 2.45) is 0 Å². The van der Waals surface area contributed by atoms with Crippen molar-refractivity contribution in [3.63, 3.8) is 0 Å². The predicted molar refractivity (Wildman–Crippen MR) is 136 cm³/mol. The van der Waals surface area contributed by atoms with Gasteiger partial charge in [0.15, 0.2) is 0 Å². The normalized spacial score (nSPS) is 16.7. The monoisotopic (exact) mass is 496 g/mol. The number of hydrogen-bond donors (Lipinski definition) is 2. The molecule has 2 N–H and O–H groups in total. The standard InChI is InChI=1S/C27H36N4O5/c1-18(19-9-7-6-8-10-19)22-15-20(16-23(30-22)25(33)28-5)24(32)29-12-11-21-17-31(13-14-35-21)26(34)36-27(2,3)4/h6-10,15-16,18,21H,11-14,17H2,1-5H3,(H,28,33)(H,29,32)/t18?,21-/m1/s1. The Hall–Kier alpha value is -3.46. The van der Waals surface area contributed by atoms with Gasteiger partial charge < -0.3 is 25.0 Å².